The first-order valence-electron chi connectivity index (χ1n) is 8.97. The highest BCUT2D eigenvalue weighted by Gasteiger charge is 2.22. The molecule has 1 unspecified atom stereocenters. The molecule has 0 aliphatic carbocycles. The fourth-order valence-corrected chi connectivity index (χ4v) is 2.86. The Hall–Kier alpha value is -3.75. The van der Waals surface area contributed by atoms with Gasteiger partial charge in [-0.05, 0) is 30.3 Å². The molecule has 0 saturated carbocycles. The van der Waals surface area contributed by atoms with Crippen molar-refractivity contribution in [1.82, 2.24) is 5.32 Å². The van der Waals surface area contributed by atoms with Crippen molar-refractivity contribution < 1.29 is 33.3 Å². The number of anilines is 1. The fraction of sp³-hybridized carbons (Fsp3) is 0.250. The van der Waals surface area contributed by atoms with E-state index in [0.717, 1.165) is 0 Å². The third-order valence-electron chi connectivity index (χ3n) is 4.28. The van der Waals surface area contributed by atoms with Crippen LogP contribution in [0.5, 0.6) is 17.2 Å². The molecule has 2 aliphatic heterocycles. The summed E-state index contributed by atoms with van der Waals surface area (Å²) in [4.78, 5) is 35.4. The van der Waals surface area contributed by atoms with Crippen LogP contribution in [0.25, 0.3) is 0 Å². The third-order valence-corrected chi connectivity index (χ3v) is 4.28. The zero-order valence-electron chi connectivity index (χ0n) is 15.3. The molecule has 2 amide bonds. The maximum atomic E-state index is 12.2. The van der Waals surface area contributed by atoms with Crippen molar-refractivity contribution in [2.75, 3.05) is 31.7 Å². The molecule has 2 aromatic carbocycles. The maximum Gasteiger partial charge on any atom is 0.338 e. The first-order valence-corrected chi connectivity index (χ1v) is 8.97. The number of hydrogen-bond donors (Lipinski definition) is 2. The Balaban J connectivity index is 1.24. The Morgan fingerprint density at radius 1 is 1.10 bits per heavy atom. The minimum atomic E-state index is -0.672. The highest BCUT2D eigenvalue weighted by Crippen LogP contribution is 2.31. The van der Waals surface area contributed by atoms with E-state index in [9.17, 15) is 14.4 Å². The second-order valence-corrected chi connectivity index (χ2v) is 6.43. The second kappa shape index (κ2) is 8.09. The molecule has 4 rings (SSSR count). The lowest BCUT2D eigenvalue weighted by atomic mass is 10.1. The number of fused-ring (bicyclic) bond motifs is 2. The second-order valence-electron chi connectivity index (χ2n) is 6.43. The van der Waals surface area contributed by atoms with Gasteiger partial charge >= 0.3 is 5.97 Å². The van der Waals surface area contributed by atoms with Gasteiger partial charge in [0, 0.05) is 0 Å². The van der Waals surface area contributed by atoms with Crippen LogP contribution in [-0.2, 0) is 14.3 Å². The van der Waals surface area contributed by atoms with E-state index in [0.29, 0.717) is 29.5 Å². The Morgan fingerprint density at radius 2 is 1.93 bits per heavy atom. The SMILES string of the molecule is O=C(COC(=O)c1ccc2c(c1)OCC(=O)N2)NCC1COc2ccccc2O1. The molecule has 9 heteroatoms. The van der Waals surface area contributed by atoms with Crippen LogP contribution in [-0.4, -0.2) is 50.3 Å². The Kier molecular flexibility index (Phi) is 5.19. The molecule has 0 aromatic heterocycles. The zero-order valence-corrected chi connectivity index (χ0v) is 15.3. The quantitative estimate of drug-likeness (QED) is 0.726. The van der Waals surface area contributed by atoms with Crippen LogP contribution in [0.1, 0.15) is 10.4 Å². The number of amides is 2. The number of carbonyl (C=O) groups excluding carboxylic acids is 3. The number of rotatable bonds is 5. The summed E-state index contributed by atoms with van der Waals surface area (Å²) in [5.74, 6) is 0.267. The van der Waals surface area contributed by atoms with Gasteiger partial charge in [0.1, 0.15) is 18.5 Å². The van der Waals surface area contributed by atoms with E-state index in [1.54, 1.807) is 12.1 Å². The highest BCUT2D eigenvalue weighted by molar-refractivity contribution is 5.97. The summed E-state index contributed by atoms with van der Waals surface area (Å²) < 4.78 is 21.6. The van der Waals surface area contributed by atoms with Crippen molar-refractivity contribution in [2.24, 2.45) is 0 Å². The number of para-hydroxylation sites is 2. The topological polar surface area (TPSA) is 112 Å². The molecule has 2 N–H and O–H groups in total. The molecule has 29 heavy (non-hydrogen) atoms. The van der Waals surface area contributed by atoms with Gasteiger partial charge in [-0.2, -0.15) is 0 Å². The summed E-state index contributed by atoms with van der Waals surface area (Å²) >= 11 is 0. The fourth-order valence-electron chi connectivity index (χ4n) is 2.86. The first-order chi connectivity index (χ1) is 14.1. The minimum Gasteiger partial charge on any atom is -0.486 e. The van der Waals surface area contributed by atoms with Gasteiger partial charge in [0.25, 0.3) is 11.8 Å². The number of benzene rings is 2. The van der Waals surface area contributed by atoms with Crippen LogP contribution in [0, 0.1) is 0 Å². The van der Waals surface area contributed by atoms with Crippen molar-refractivity contribution >= 4 is 23.5 Å². The largest absolute Gasteiger partial charge is 0.486 e. The number of nitrogens with one attached hydrogen (secondary N) is 2. The number of ether oxygens (including phenoxy) is 4. The third kappa shape index (κ3) is 4.40. The normalized spacial score (nSPS) is 16.7. The predicted molar refractivity (Wildman–Crippen MR) is 100 cm³/mol. The molecular weight excluding hydrogens is 380 g/mol. The molecule has 2 aromatic rings. The molecule has 0 bridgehead atoms. The van der Waals surface area contributed by atoms with Crippen LogP contribution < -0.4 is 24.8 Å². The van der Waals surface area contributed by atoms with Gasteiger partial charge < -0.3 is 29.6 Å². The summed E-state index contributed by atoms with van der Waals surface area (Å²) in [5, 5.41) is 5.28. The van der Waals surface area contributed by atoms with E-state index in [1.807, 2.05) is 18.2 Å². The van der Waals surface area contributed by atoms with E-state index in [2.05, 4.69) is 10.6 Å². The van der Waals surface area contributed by atoms with Gasteiger partial charge in [-0.25, -0.2) is 4.79 Å². The lowest BCUT2D eigenvalue weighted by Crippen LogP contribution is -2.42. The van der Waals surface area contributed by atoms with Gasteiger partial charge in [0.15, 0.2) is 24.7 Å². The maximum absolute atomic E-state index is 12.2. The number of hydrogen-bond acceptors (Lipinski definition) is 7. The summed E-state index contributed by atoms with van der Waals surface area (Å²) in [5.41, 5.74) is 0.695. The van der Waals surface area contributed by atoms with Crippen LogP contribution in [0.3, 0.4) is 0 Å². The van der Waals surface area contributed by atoms with Crippen molar-refractivity contribution in [3.05, 3.63) is 48.0 Å². The summed E-state index contributed by atoms with van der Waals surface area (Å²) in [6.07, 6.45) is -0.336. The molecular formula is C20H18N2O7. The number of carbonyl (C=O) groups is 3. The van der Waals surface area contributed by atoms with Crippen LogP contribution in [0.4, 0.5) is 5.69 Å². The van der Waals surface area contributed by atoms with Crippen LogP contribution in [0.15, 0.2) is 42.5 Å². The minimum absolute atomic E-state index is 0.120. The van der Waals surface area contributed by atoms with E-state index < -0.39 is 18.5 Å². The van der Waals surface area contributed by atoms with Crippen LogP contribution in [0.2, 0.25) is 0 Å². The Morgan fingerprint density at radius 3 is 2.79 bits per heavy atom. The van der Waals surface area contributed by atoms with Gasteiger partial charge in [-0.15, -0.1) is 0 Å². The molecule has 9 nitrogen and oxygen atoms in total. The van der Waals surface area contributed by atoms with Crippen molar-refractivity contribution in [3.8, 4) is 17.2 Å². The van der Waals surface area contributed by atoms with E-state index >= 15 is 0 Å². The van der Waals surface area contributed by atoms with Gasteiger partial charge in [-0.3, -0.25) is 9.59 Å². The predicted octanol–water partition coefficient (Wildman–Crippen LogP) is 1.13. The molecule has 0 spiro atoms. The van der Waals surface area contributed by atoms with Gasteiger partial charge in [0.2, 0.25) is 0 Å². The average molecular weight is 398 g/mol. The van der Waals surface area contributed by atoms with E-state index in [1.165, 1.54) is 12.1 Å². The van der Waals surface area contributed by atoms with Crippen molar-refractivity contribution in [3.63, 3.8) is 0 Å². The van der Waals surface area contributed by atoms with Gasteiger partial charge in [-0.1, -0.05) is 12.1 Å². The number of esters is 1. The molecule has 0 saturated heterocycles. The van der Waals surface area contributed by atoms with Crippen molar-refractivity contribution in [1.29, 1.82) is 0 Å². The summed E-state index contributed by atoms with van der Waals surface area (Å²) in [6.45, 7) is -0.0249. The lowest BCUT2D eigenvalue weighted by Gasteiger charge is -2.26. The molecule has 0 radical (unpaired) electrons. The molecule has 0 fully saturated rings. The van der Waals surface area contributed by atoms with Gasteiger partial charge in [0.05, 0.1) is 17.8 Å². The first kappa shape index (κ1) is 18.6. The summed E-state index contributed by atoms with van der Waals surface area (Å²) in [6, 6.07) is 11.8. The zero-order chi connectivity index (χ0) is 20.2. The van der Waals surface area contributed by atoms with Crippen LogP contribution >= 0.6 is 0 Å². The van der Waals surface area contributed by atoms with E-state index in [-0.39, 0.29) is 30.7 Å². The smallest absolute Gasteiger partial charge is 0.338 e. The average Bonchev–Trinajstić information content (AvgIpc) is 2.75. The molecule has 2 aliphatic rings. The Bertz CT molecular complexity index is 960. The molecule has 1 atom stereocenters. The van der Waals surface area contributed by atoms with Crippen molar-refractivity contribution in [2.45, 2.75) is 6.10 Å². The monoisotopic (exact) mass is 398 g/mol. The van der Waals surface area contributed by atoms with E-state index in [4.69, 9.17) is 18.9 Å². The molecule has 2 heterocycles. The standard InChI is InChI=1S/C20H18N2O7/c23-18(21-8-13-9-26-15-3-1-2-4-16(15)29-13)10-28-20(25)12-5-6-14-17(7-12)27-11-19(24)22-14/h1-7,13H,8-11H2,(H,21,23)(H,22,24). The summed E-state index contributed by atoms with van der Waals surface area (Å²) in [7, 11) is 0. The Labute approximate surface area is 165 Å². The molecule has 150 valence electrons. The highest BCUT2D eigenvalue weighted by atomic mass is 16.6. The lowest BCUT2D eigenvalue weighted by molar-refractivity contribution is -0.124.